The monoisotopic (exact) mass is 386 g/mol. The number of halogens is 1. The molecule has 3 unspecified atom stereocenters. The first-order chi connectivity index (χ1) is 13.1. The number of nitrogens with zero attached hydrogens (tertiary/aromatic N) is 1. The number of carbonyl (C=O) groups excluding carboxylic acids is 2. The largest absolute Gasteiger partial charge is 0.349 e. The Morgan fingerprint density at radius 3 is 2.48 bits per heavy atom. The number of aromatic nitrogens is 2. The van der Waals surface area contributed by atoms with Crippen molar-refractivity contribution < 1.29 is 9.59 Å². The van der Waals surface area contributed by atoms with Gasteiger partial charge in [0.1, 0.15) is 0 Å². The van der Waals surface area contributed by atoms with Gasteiger partial charge in [0.05, 0.1) is 11.8 Å². The summed E-state index contributed by atoms with van der Waals surface area (Å²) in [5.41, 5.74) is 1.20. The van der Waals surface area contributed by atoms with Crippen LogP contribution in [0, 0.1) is 17.8 Å². The molecule has 1 aromatic carbocycles. The average Bonchev–Trinajstić information content (AvgIpc) is 3.07. The van der Waals surface area contributed by atoms with E-state index < -0.39 is 0 Å². The Bertz CT molecular complexity index is 809. The molecule has 6 nitrogen and oxygen atoms in total. The molecule has 2 saturated carbocycles. The summed E-state index contributed by atoms with van der Waals surface area (Å²) in [5.74, 6) is 1.54. The van der Waals surface area contributed by atoms with E-state index in [0.29, 0.717) is 33.9 Å². The molecule has 0 bridgehead atoms. The zero-order chi connectivity index (χ0) is 19.0. The molecule has 2 aromatic rings. The summed E-state index contributed by atoms with van der Waals surface area (Å²) in [4.78, 5) is 24.6. The van der Waals surface area contributed by atoms with E-state index in [-0.39, 0.29) is 23.9 Å². The molecule has 5 atom stereocenters. The standard InChI is InChI=1S/C20H23ClN4O2/c1-2-17(25-19(26)11-3-5-13(21)6-4-11)18-15-7-14(8-16(15)18)24-20(27)12-9-22-23-10-12/h3-6,9-10,14-18H,2,7-8H2,1H3,(H,22,23)(H,24,27)(H,25,26)/t14?,15-,16+,17?,18?. The van der Waals surface area contributed by atoms with Crippen LogP contribution in [-0.4, -0.2) is 34.1 Å². The molecule has 2 aliphatic carbocycles. The van der Waals surface area contributed by atoms with E-state index >= 15 is 0 Å². The van der Waals surface area contributed by atoms with Crippen molar-refractivity contribution >= 4 is 23.4 Å². The highest BCUT2D eigenvalue weighted by molar-refractivity contribution is 6.30. The number of H-pyrrole nitrogens is 1. The minimum absolute atomic E-state index is 0.0479. The van der Waals surface area contributed by atoms with Gasteiger partial charge in [-0.3, -0.25) is 14.7 Å². The van der Waals surface area contributed by atoms with Crippen molar-refractivity contribution in [2.75, 3.05) is 0 Å². The SMILES string of the molecule is CCC(NC(=O)c1ccc(Cl)cc1)C1[C@H]2CC(NC(=O)c3cn[nH]c3)C[C@@H]12. The first kappa shape index (κ1) is 18.0. The molecule has 1 heterocycles. The third-order valence-corrected chi connectivity index (χ3v) is 6.19. The van der Waals surface area contributed by atoms with Gasteiger partial charge in [0.15, 0.2) is 0 Å². The zero-order valence-corrected chi connectivity index (χ0v) is 15.9. The molecule has 0 aliphatic heterocycles. The van der Waals surface area contributed by atoms with Gasteiger partial charge >= 0.3 is 0 Å². The van der Waals surface area contributed by atoms with Gasteiger partial charge in [-0.25, -0.2) is 0 Å². The molecule has 4 rings (SSSR count). The van der Waals surface area contributed by atoms with Crippen LogP contribution in [0.5, 0.6) is 0 Å². The fourth-order valence-electron chi connectivity index (χ4n) is 4.57. The Labute approximate surface area is 163 Å². The second-order valence-corrected chi connectivity index (χ2v) is 7.97. The van der Waals surface area contributed by atoms with E-state index in [9.17, 15) is 9.59 Å². The zero-order valence-electron chi connectivity index (χ0n) is 15.1. The van der Waals surface area contributed by atoms with Crippen LogP contribution in [0.4, 0.5) is 0 Å². The normalized spacial score (nSPS) is 26.9. The van der Waals surface area contributed by atoms with E-state index in [0.717, 1.165) is 19.3 Å². The number of carbonyl (C=O) groups is 2. The van der Waals surface area contributed by atoms with Gasteiger partial charge in [0.2, 0.25) is 0 Å². The minimum Gasteiger partial charge on any atom is -0.349 e. The Balaban J connectivity index is 1.30. The first-order valence-electron chi connectivity index (χ1n) is 9.43. The van der Waals surface area contributed by atoms with Crippen LogP contribution in [0.25, 0.3) is 0 Å². The summed E-state index contributed by atoms with van der Waals surface area (Å²) in [7, 11) is 0. The lowest BCUT2D eigenvalue weighted by Crippen LogP contribution is -2.39. The molecular formula is C20H23ClN4O2. The van der Waals surface area contributed by atoms with Crippen LogP contribution in [-0.2, 0) is 0 Å². The molecule has 142 valence electrons. The van der Waals surface area contributed by atoms with Crippen LogP contribution in [0.15, 0.2) is 36.7 Å². The summed E-state index contributed by atoms with van der Waals surface area (Å²) in [6, 6.07) is 7.35. The Morgan fingerprint density at radius 2 is 1.89 bits per heavy atom. The third kappa shape index (κ3) is 3.72. The predicted molar refractivity (Wildman–Crippen MR) is 103 cm³/mol. The van der Waals surface area contributed by atoms with E-state index in [1.165, 1.54) is 6.20 Å². The van der Waals surface area contributed by atoms with Gasteiger partial charge < -0.3 is 10.6 Å². The van der Waals surface area contributed by atoms with Crippen molar-refractivity contribution in [1.82, 2.24) is 20.8 Å². The van der Waals surface area contributed by atoms with Crippen molar-refractivity contribution in [3.8, 4) is 0 Å². The summed E-state index contributed by atoms with van der Waals surface area (Å²) >= 11 is 5.89. The van der Waals surface area contributed by atoms with E-state index in [2.05, 4.69) is 27.8 Å². The molecule has 0 saturated heterocycles. The maximum Gasteiger partial charge on any atom is 0.254 e. The maximum absolute atomic E-state index is 12.5. The molecule has 7 heteroatoms. The lowest BCUT2D eigenvalue weighted by atomic mass is 9.99. The van der Waals surface area contributed by atoms with Gasteiger partial charge in [-0.05, 0) is 61.3 Å². The molecule has 2 fully saturated rings. The second kappa shape index (κ2) is 7.35. The fourth-order valence-corrected chi connectivity index (χ4v) is 4.70. The highest BCUT2D eigenvalue weighted by Crippen LogP contribution is 2.59. The average molecular weight is 387 g/mol. The molecule has 2 amide bonds. The van der Waals surface area contributed by atoms with Crippen LogP contribution < -0.4 is 10.6 Å². The van der Waals surface area contributed by atoms with Gasteiger partial charge in [-0.1, -0.05) is 18.5 Å². The Morgan fingerprint density at radius 1 is 1.19 bits per heavy atom. The molecule has 27 heavy (non-hydrogen) atoms. The lowest BCUT2D eigenvalue weighted by molar-refractivity contribution is 0.0927. The van der Waals surface area contributed by atoms with Crippen molar-refractivity contribution in [3.63, 3.8) is 0 Å². The van der Waals surface area contributed by atoms with E-state index in [1.54, 1.807) is 30.5 Å². The second-order valence-electron chi connectivity index (χ2n) is 7.53. The topological polar surface area (TPSA) is 86.9 Å². The van der Waals surface area contributed by atoms with Crippen molar-refractivity contribution in [1.29, 1.82) is 0 Å². The molecule has 2 aliphatic rings. The number of nitrogens with one attached hydrogen (secondary N) is 3. The molecule has 1 aromatic heterocycles. The van der Waals surface area contributed by atoms with Crippen molar-refractivity contribution in [3.05, 3.63) is 52.8 Å². The predicted octanol–water partition coefficient (Wildman–Crippen LogP) is 3.03. The number of hydrogen-bond acceptors (Lipinski definition) is 3. The summed E-state index contributed by atoms with van der Waals surface area (Å²) in [5, 5.41) is 13.4. The number of fused-ring (bicyclic) bond motifs is 1. The quantitative estimate of drug-likeness (QED) is 0.713. The van der Waals surface area contributed by atoms with Gasteiger partial charge in [0, 0.05) is 28.9 Å². The highest BCUT2D eigenvalue weighted by atomic mass is 35.5. The van der Waals surface area contributed by atoms with Crippen molar-refractivity contribution in [2.24, 2.45) is 17.8 Å². The van der Waals surface area contributed by atoms with Crippen LogP contribution in [0.3, 0.4) is 0 Å². The number of aromatic amines is 1. The molecule has 0 spiro atoms. The molecule has 0 radical (unpaired) electrons. The number of rotatable bonds is 6. The smallest absolute Gasteiger partial charge is 0.254 e. The first-order valence-corrected chi connectivity index (χ1v) is 9.80. The summed E-state index contributed by atoms with van der Waals surface area (Å²) in [6.45, 7) is 2.11. The number of amides is 2. The van der Waals surface area contributed by atoms with E-state index in [1.807, 2.05) is 0 Å². The fraction of sp³-hybridized carbons (Fsp3) is 0.450. The van der Waals surface area contributed by atoms with Crippen molar-refractivity contribution in [2.45, 2.75) is 38.3 Å². The van der Waals surface area contributed by atoms with Crippen LogP contribution in [0.1, 0.15) is 46.9 Å². The van der Waals surface area contributed by atoms with Gasteiger partial charge in [-0.15, -0.1) is 0 Å². The van der Waals surface area contributed by atoms with Crippen LogP contribution >= 0.6 is 11.6 Å². The lowest BCUT2D eigenvalue weighted by Gasteiger charge is -2.22. The van der Waals surface area contributed by atoms with Gasteiger partial charge in [0.25, 0.3) is 11.8 Å². The highest BCUT2D eigenvalue weighted by Gasteiger charge is 2.58. The maximum atomic E-state index is 12.5. The molecule has 3 N–H and O–H groups in total. The van der Waals surface area contributed by atoms with E-state index in [4.69, 9.17) is 11.6 Å². The van der Waals surface area contributed by atoms with Crippen LogP contribution in [0.2, 0.25) is 5.02 Å². The number of hydrogen-bond donors (Lipinski definition) is 3. The summed E-state index contributed by atoms with van der Waals surface area (Å²) < 4.78 is 0. The molecular weight excluding hydrogens is 364 g/mol. The summed E-state index contributed by atoms with van der Waals surface area (Å²) in [6.07, 6.45) is 6.00. The Hall–Kier alpha value is -2.34. The van der Waals surface area contributed by atoms with Gasteiger partial charge in [-0.2, -0.15) is 5.10 Å². The minimum atomic E-state index is -0.0744. The number of benzene rings is 1. The third-order valence-electron chi connectivity index (χ3n) is 5.93. The Kier molecular flexibility index (Phi) is 4.91.